The number of amides is 2. The van der Waals surface area contributed by atoms with Gasteiger partial charge in [0.2, 0.25) is 5.91 Å². The zero-order valence-corrected chi connectivity index (χ0v) is 13.0. The number of hydrogen-bond acceptors (Lipinski definition) is 4. The van der Waals surface area contributed by atoms with E-state index in [4.69, 9.17) is 5.73 Å². The Morgan fingerprint density at radius 2 is 2.04 bits per heavy atom. The van der Waals surface area contributed by atoms with Gasteiger partial charge in [-0.05, 0) is 35.7 Å². The minimum atomic E-state index is -0.621. The second kappa shape index (κ2) is 7.87. The standard InChI is InChI=1S/C17H17FN4O2/c1-20-16(23)9-14(19)17(24)22-15-6-5-12(10-21-15)7-11-3-2-4-13(18)8-11/h2-6,8-10H,7,19H2,1H3,(H,20,23)(H,21,22,24). The van der Waals surface area contributed by atoms with E-state index < -0.39 is 11.8 Å². The number of likely N-dealkylation sites (N-methyl/N-ethyl adjacent to an activating group) is 1. The highest BCUT2D eigenvalue weighted by atomic mass is 19.1. The van der Waals surface area contributed by atoms with E-state index in [0.29, 0.717) is 12.2 Å². The van der Waals surface area contributed by atoms with Gasteiger partial charge >= 0.3 is 0 Å². The Bertz CT molecular complexity index is 772. The summed E-state index contributed by atoms with van der Waals surface area (Å²) in [5.41, 5.74) is 6.98. The van der Waals surface area contributed by atoms with Crippen molar-refractivity contribution >= 4 is 17.6 Å². The van der Waals surface area contributed by atoms with E-state index in [9.17, 15) is 14.0 Å². The fraction of sp³-hybridized carbons (Fsp3) is 0.118. The zero-order valence-electron chi connectivity index (χ0n) is 13.0. The van der Waals surface area contributed by atoms with Crippen LogP contribution in [0.15, 0.2) is 54.4 Å². The smallest absolute Gasteiger partial charge is 0.272 e. The van der Waals surface area contributed by atoms with Gasteiger partial charge in [0.15, 0.2) is 0 Å². The Kier molecular flexibility index (Phi) is 5.62. The summed E-state index contributed by atoms with van der Waals surface area (Å²) >= 11 is 0. The number of anilines is 1. The number of aromatic nitrogens is 1. The maximum atomic E-state index is 13.2. The van der Waals surface area contributed by atoms with Gasteiger partial charge in [-0.3, -0.25) is 9.59 Å². The first-order valence-electron chi connectivity index (χ1n) is 7.17. The summed E-state index contributed by atoms with van der Waals surface area (Å²) in [4.78, 5) is 27.1. The van der Waals surface area contributed by atoms with Crippen molar-refractivity contribution in [1.29, 1.82) is 0 Å². The number of hydrogen-bond donors (Lipinski definition) is 3. The molecule has 1 aromatic carbocycles. The molecule has 1 aromatic heterocycles. The minimum Gasteiger partial charge on any atom is -0.394 e. The number of nitrogens with one attached hydrogen (secondary N) is 2. The molecule has 0 unspecified atom stereocenters. The fourth-order valence-electron chi connectivity index (χ4n) is 1.95. The van der Waals surface area contributed by atoms with Crippen LogP contribution in [0, 0.1) is 5.82 Å². The first-order valence-corrected chi connectivity index (χ1v) is 7.17. The first-order chi connectivity index (χ1) is 11.5. The number of nitrogens with two attached hydrogens (primary N) is 1. The monoisotopic (exact) mass is 328 g/mol. The maximum Gasteiger partial charge on any atom is 0.272 e. The molecule has 2 rings (SSSR count). The highest BCUT2D eigenvalue weighted by molar-refractivity contribution is 6.06. The van der Waals surface area contributed by atoms with Crippen LogP contribution in [0.2, 0.25) is 0 Å². The molecule has 0 saturated heterocycles. The van der Waals surface area contributed by atoms with E-state index in [1.54, 1.807) is 24.4 Å². The molecule has 0 saturated carbocycles. The lowest BCUT2D eigenvalue weighted by Crippen LogP contribution is -2.24. The Morgan fingerprint density at radius 1 is 1.25 bits per heavy atom. The van der Waals surface area contributed by atoms with Crippen molar-refractivity contribution in [2.45, 2.75) is 6.42 Å². The van der Waals surface area contributed by atoms with Crippen molar-refractivity contribution in [3.8, 4) is 0 Å². The van der Waals surface area contributed by atoms with Crippen molar-refractivity contribution in [2.75, 3.05) is 12.4 Å². The summed E-state index contributed by atoms with van der Waals surface area (Å²) in [7, 11) is 1.43. The maximum absolute atomic E-state index is 13.2. The van der Waals surface area contributed by atoms with Crippen LogP contribution in [0.25, 0.3) is 0 Å². The van der Waals surface area contributed by atoms with E-state index >= 15 is 0 Å². The van der Waals surface area contributed by atoms with Gasteiger partial charge in [0.1, 0.15) is 17.3 Å². The third-order valence-corrected chi connectivity index (χ3v) is 3.16. The van der Waals surface area contributed by atoms with Gasteiger partial charge in [0.25, 0.3) is 5.91 Å². The summed E-state index contributed by atoms with van der Waals surface area (Å²) < 4.78 is 13.2. The van der Waals surface area contributed by atoms with Gasteiger partial charge in [-0.25, -0.2) is 9.37 Å². The summed E-state index contributed by atoms with van der Waals surface area (Å²) in [6.07, 6.45) is 3.10. The molecule has 0 fully saturated rings. The molecule has 0 aliphatic rings. The lowest BCUT2D eigenvalue weighted by Gasteiger charge is -2.06. The van der Waals surface area contributed by atoms with Crippen molar-refractivity contribution in [3.05, 3.63) is 71.3 Å². The largest absolute Gasteiger partial charge is 0.394 e. The Balaban J connectivity index is 2.00. The highest BCUT2D eigenvalue weighted by Crippen LogP contribution is 2.12. The SMILES string of the molecule is CNC(=O)C=C(N)C(=O)Nc1ccc(Cc2cccc(F)c2)cn1. The molecule has 0 aliphatic carbocycles. The van der Waals surface area contributed by atoms with E-state index in [1.165, 1.54) is 19.2 Å². The number of benzene rings is 1. The number of carbonyl (C=O) groups excluding carboxylic acids is 2. The van der Waals surface area contributed by atoms with Crippen LogP contribution in [0.4, 0.5) is 10.2 Å². The molecule has 4 N–H and O–H groups in total. The third-order valence-electron chi connectivity index (χ3n) is 3.16. The van der Waals surface area contributed by atoms with E-state index in [0.717, 1.165) is 17.2 Å². The van der Waals surface area contributed by atoms with E-state index in [2.05, 4.69) is 15.6 Å². The molecule has 1 heterocycles. The zero-order chi connectivity index (χ0) is 17.5. The quantitative estimate of drug-likeness (QED) is 0.722. The summed E-state index contributed by atoms with van der Waals surface area (Å²) in [6.45, 7) is 0. The molecular weight excluding hydrogens is 311 g/mol. The van der Waals surface area contributed by atoms with Gasteiger partial charge in [-0.15, -0.1) is 0 Å². The normalized spacial score (nSPS) is 11.0. The molecule has 0 radical (unpaired) electrons. The second-order valence-corrected chi connectivity index (χ2v) is 5.03. The second-order valence-electron chi connectivity index (χ2n) is 5.03. The Hall–Kier alpha value is -3.22. The lowest BCUT2D eigenvalue weighted by molar-refractivity contribution is -0.117. The minimum absolute atomic E-state index is 0.222. The van der Waals surface area contributed by atoms with Gasteiger partial charge < -0.3 is 16.4 Å². The molecule has 6 nitrogen and oxygen atoms in total. The molecule has 0 atom stereocenters. The first kappa shape index (κ1) is 17.1. The summed E-state index contributed by atoms with van der Waals surface area (Å²) in [6, 6.07) is 9.69. The van der Waals surface area contributed by atoms with Crippen LogP contribution < -0.4 is 16.4 Å². The van der Waals surface area contributed by atoms with Gasteiger partial charge in [0, 0.05) is 19.3 Å². The van der Waals surface area contributed by atoms with Crippen molar-refractivity contribution < 1.29 is 14.0 Å². The van der Waals surface area contributed by atoms with Gasteiger partial charge in [-0.2, -0.15) is 0 Å². The van der Waals surface area contributed by atoms with Crippen LogP contribution in [0.3, 0.4) is 0 Å². The molecule has 0 bridgehead atoms. The van der Waals surface area contributed by atoms with E-state index in [-0.39, 0.29) is 11.5 Å². The predicted octanol–water partition coefficient (Wildman–Crippen LogP) is 1.34. The molecule has 2 aromatic rings. The molecule has 0 spiro atoms. The molecule has 124 valence electrons. The molecule has 2 amide bonds. The average molecular weight is 328 g/mol. The fourth-order valence-corrected chi connectivity index (χ4v) is 1.95. The average Bonchev–Trinajstić information content (AvgIpc) is 2.56. The Labute approximate surface area is 138 Å². The number of halogens is 1. The number of pyridine rings is 1. The molecular formula is C17H17FN4O2. The Morgan fingerprint density at radius 3 is 2.67 bits per heavy atom. The molecule has 0 aliphatic heterocycles. The van der Waals surface area contributed by atoms with Crippen LogP contribution in [-0.4, -0.2) is 23.8 Å². The lowest BCUT2D eigenvalue weighted by atomic mass is 10.1. The topological polar surface area (TPSA) is 97.1 Å². The van der Waals surface area contributed by atoms with Gasteiger partial charge in [0.05, 0.1) is 0 Å². The highest BCUT2D eigenvalue weighted by Gasteiger charge is 2.08. The number of nitrogens with zero attached hydrogens (tertiary/aromatic N) is 1. The third kappa shape index (κ3) is 4.91. The van der Waals surface area contributed by atoms with Crippen molar-refractivity contribution in [2.24, 2.45) is 5.73 Å². The van der Waals surface area contributed by atoms with E-state index in [1.807, 2.05) is 6.07 Å². The summed E-state index contributed by atoms with van der Waals surface area (Å²) in [5.74, 6) is -1.08. The van der Waals surface area contributed by atoms with Crippen molar-refractivity contribution in [1.82, 2.24) is 10.3 Å². The number of carbonyl (C=O) groups is 2. The summed E-state index contributed by atoms with van der Waals surface area (Å²) in [5, 5.41) is 4.82. The van der Waals surface area contributed by atoms with Crippen LogP contribution >= 0.6 is 0 Å². The number of rotatable bonds is 5. The van der Waals surface area contributed by atoms with Crippen LogP contribution in [0.5, 0.6) is 0 Å². The van der Waals surface area contributed by atoms with Crippen LogP contribution in [0.1, 0.15) is 11.1 Å². The van der Waals surface area contributed by atoms with Crippen molar-refractivity contribution in [3.63, 3.8) is 0 Å². The molecule has 7 heteroatoms. The van der Waals surface area contributed by atoms with Crippen LogP contribution in [-0.2, 0) is 16.0 Å². The predicted molar refractivity (Wildman–Crippen MR) is 88.4 cm³/mol. The van der Waals surface area contributed by atoms with Gasteiger partial charge in [-0.1, -0.05) is 18.2 Å². The molecule has 24 heavy (non-hydrogen) atoms.